The van der Waals surface area contributed by atoms with Gasteiger partial charge in [-0.1, -0.05) is 30.3 Å². The molecule has 0 amide bonds. The minimum absolute atomic E-state index is 0.413. The van der Waals surface area contributed by atoms with Crippen LogP contribution < -0.4 is 0 Å². The second-order valence-electron chi connectivity index (χ2n) is 3.76. The molecule has 3 aromatic rings. The van der Waals surface area contributed by atoms with Gasteiger partial charge in [0, 0.05) is 10.9 Å². The third-order valence-electron chi connectivity index (χ3n) is 2.70. The summed E-state index contributed by atoms with van der Waals surface area (Å²) in [6, 6.07) is 15.1. The highest BCUT2D eigenvalue weighted by atomic mass is 16.3. The van der Waals surface area contributed by atoms with E-state index in [0.717, 1.165) is 22.2 Å². The predicted molar refractivity (Wildman–Crippen MR) is 67.0 cm³/mol. The van der Waals surface area contributed by atoms with E-state index in [4.69, 9.17) is 0 Å². The second kappa shape index (κ2) is 3.83. The van der Waals surface area contributed by atoms with Gasteiger partial charge in [-0.3, -0.25) is 5.10 Å². The summed E-state index contributed by atoms with van der Waals surface area (Å²) in [4.78, 5) is 10.5. The van der Waals surface area contributed by atoms with Crippen molar-refractivity contribution in [1.29, 1.82) is 0 Å². The monoisotopic (exact) mass is 223 g/mol. The summed E-state index contributed by atoms with van der Waals surface area (Å²) in [5.41, 5.74) is 3.17. The molecule has 1 aromatic heterocycles. The minimum atomic E-state index is 0.413. The van der Waals surface area contributed by atoms with Crippen LogP contribution in [-0.4, -0.2) is 10.2 Å². The number of hydrogen-bond donors (Lipinski definition) is 1. The number of benzene rings is 2. The Labute approximate surface area is 97.3 Å². The number of aromatic amines is 1. The van der Waals surface area contributed by atoms with Crippen molar-refractivity contribution in [3.63, 3.8) is 0 Å². The molecule has 3 rings (SSSR count). The molecule has 1 heterocycles. The van der Waals surface area contributed by atoms with Crippen LogP contribution in [0.15, 0.2) is 53.7 Å². The van der Waals surface area contributed by atoms with Gasteiger partial charge in [-0.25, -0.2) is 0 Å². The zero-order valence-corrected chi connectivity index (χ0v) is 8.92. The SMILES string of the molecule is O=Nc1ccc2[nH]nc(-c3ccccc3)c2c1. The Kier molecular flexibility index (Phi) is 2.19. The number of aromatic nitrogens is 2. The maximum atomic E-state index is 10.5. The fourth-order valence-electron chi connectivity index (χ4n) is 1.87. The van der Waals surface area contributed by atoms with Crippen LogP contribution in [0.3, 0.4) is 0 Å². The summed E-state index contributed by atoms with van der Waals surface area (Å²) < 4.78 is 0. The normalized spacial score (nSPS) is 10.6. The molecule has 2 aromatic carbocycles. The zero-order chi connectivity index (χ0) is 11.7. The highest BCUT2D eigenvalue weighted by Gasteiger charge is 2.08. The molecule has 0 aliphatic heterocycles. The molecular formula is C13H9N3O. The van der Waals surface area contributed by atoms with Gasteiger partial charge in [0.05, 0.1) is 11.2 Å². The largest absolute Gasteiger partial charge is 0.277 e. The van der Waals surface area contributed by atoms with Crippen molar-refractivity contribution in [2.45, 2.75) is 0 Å². The Hall–Kier alpha value is -2.49. The molecule has 82 valence electrons. The molecular weight excluding hydrogens is 214 g/mol. The average Bonchev–Trinajstić information content (AvgIpc) is 2.82. The van der Waals surface area contributed by atoms with Crippen molar-refractivity contribution in [3.05, 3.63) is 53.4 Å². The van der Waals surface area contributed by atoms with Crippen LogP contribution in [0.2, 0.25) is 0 Å². The highest BCUT2D eigenvalue weighted by molar-refractivity contribution is 5.94. The molecule has 0 saturated heterocycles. The number of nitrogens with zero attached hydrogens (tertiary/aromatic N) is 2. The van der Waals surface area contributed by atoms with Crippen LogP contribution in [-0.2, 0) is 0 Å². The summed E-state index contributed by atoms with van der Waals surface area (Å²) in [7, 11) is 0. The number of nitrogens with one attached hydrogen (secondary N) is 1. The molecule has 17 heavy (non-hydrogen) atoms. The Morgan fingerprint density at radius 1 is 1.06 bits per heavy atom. The molecule has 4 nitrogen and oxygen atoms in total. The quantitative estimate of drug-likeness (QED) is 0.674. The molecule has 0 bridgehead atoms. The lowest BCUT2D eigenvalue weighted by molar-refractivity contribution is 1.12. The first-order valence-electron chi connectivity index (χ1n) is 5.25. The number of nitroso groups, excluding NO2 is 1. The zero-order valence-electron chi connectivity index (χ0n) is 8.92. The molecule has 0 unspecified atom stereocenters. The van der Waals surface area contributed by atoms with E-state index >= 15 is 0 Å². The van der Waals surface area contributed by atoms with Gasteiger partial charge >= 0.3 is 0 Å². The first-order valence-corrected chi connectivity index (χ1v) is 5.25. The Bertz CT molecular complexity index is 673. The summed E-state index contributed by atoms with van der Waals surface area (Å²) in [5, 5.41) is 11.1. The van der Waals surface area contributed by atoms with Crippen molar-refractivity contribution in [1.82, 2.24) is 10.2 Å². The van der Waals surface area contributed by atoms with Gasteiger partial charge in [0.15, 0.2) is 0 Å². The maximum Gasteiger partial charge on any atom is 0.108 e. The van der Waals surface area contributed by atoms with Crippen molar-refractivity contribution in [2.24, 2.45) is 5.18 Å². The summed E-state index contributed by atoms with van der Waals surface area (Å²) >= 11 is 0. The summed E-state index contributed by atoms with van der Waals surface area (Å²) in [5.74, 6) is 0. The molecule has 0 aliphatic carbocycles. The van der Waals surface area contributed by atoms with E-state index in [9.17, 15) is 4.91 Å². The second-order valence-corrected chi connectivity index (χ2v) is 3.76. The molecule has 1 N–H and O–H groups in total. The van der Waals surface area contributed by atoms with Crippen LogP contribution in [0.25, 0.3) is 22.2 Å². The maximum absolute atomic E-state index is 10.5. The summed E-state index contributed by atoms with van der Waals surface area (Å²) in [6.45, 7) is 0. The molecule has 0 spiro atoms. The first kappa shape index (κ1) is 9.72. The highest BCUT2D eigenvalue weighted by Crippen LogP contribution is 2.28. The van der Waals surface area contributed by atoms with Crippen LogP contribution in [0, 0.1) is 4.91 Å². The molecule has 0 radical (unpaired) electrons. The fraction of sp³-hybridized carbons (Fsp3) is 0. The van der Waals surface area contributed by atoms with E-state index in [2.05, 4.69) is 15.4 Å². The molecule has 0 saturated carbocycles. The average molecular weight is 223 g/mol. The van der Waals surface area contributed by atoms with E-state index in [0.29, 0.717) is 5.69 Å². The molecule has 4 heteroatoms. The predicted octanol–water partition coefficient (Wildman–Crippen LogP) is 3.63. The van der Waals surface area contributed by atoms with Crippen molar-refractivity contribution in [3.8, 4) is 11.3 Å². The lowest BCUT2D eigenvalue weighted by Crippen LogP contribution is -1.77. The van der Waals surface area contributed by atoms with Gasteiger partial charge in [-0.05, 0) is 23.4 Å². The molecule has 0 aliphatic rings. The van der Waals surface area contributed by atoms with Crippen molar-refractivity contribution in [2.75, 3.05) is 0 Å². The Balaban J connectivity index is 2.27. The van der Waals surface area contributed by atoms with Crippen LogP contribution in [0.4, 0.5) is 5.69 Å². The van der Waals surface area contributed by atoms with Gasteiger partial charge in [-0.15, -0.1) is 4.91 Å². The van der Waals surface area contributed by atoms with Crippen molar-refractivity contribution >= 4 is 16.6 Å². The van der Waals surface area contributed by atoms with E-state index in [1.807, 2.05) is 36.4 Å². The van der Waals surface area contributed by atoms with Gasteiger partial charge in [0.2, 0.25) is 0 Å². The fourth-order valence-corrected chi connectivity index (χ4v) is 1.87. The summed E-state index contributed by atoms with van der Waals surface area (Å²) in [6.07, 6.45) is 0. The Morgan fingerprint density at radius 3 is 2.65 bits per heavy atom. The van der Waals surface area contributed by atoms with E-state index in [-0.39, 0.29) is 0 Å². The van der Waals surface area contributed by atoms with E-state index in [1.165, 1.54) is 0 Å². The standard InChI is InChI=1S/C13H9N3O/c17-16-10-6-7-12-11(8-10)13(15-14-12)9-4-2-1-3-5-9/h1-8H,(H,14,15). The van der Waals surface area contributed by atoms with E-state index < -0.39 is 0 Å². The molecule has 0 atom stereocenters. The van der Waals surface area contributed by atoms with Crippen LogP contribution >= 0.6 is 0 Å². The molecule has 0 fully saturated rings. The van der Waals surface area contributed by atoms with E-state index in [1.54, 1.807) is 12.1 Å². The number of H-pyrrole nitrogens is 1. The lowest BCUT2D eigenvalue weighted by atomic mass is 10.1. The van der Waals surface area contributed by atoms with Gasteiger partial charge in [0.25, 0.3) is 0 Å². The van der Waals surface area contributed by atoms with Crippen LogP contribution in [0.5, 0.6) is 0 Å². The minimum Gasteiger partial charge on any atom is -0.277 e. The third-order valence-corrected chi connectivity index (χ3v) is 2.70. The van der Waals surface area contributed by atoms with Gasteiger partial charge in [-0.2, -0.15) is 5.10 Å². The Morgan fingerprint density at radius 2 is 1.88 bits per heavy atom. The topological polar surface area (TPSA) is 58.1 Å². The first-order chi connectivity index (χ1) is 8.38. The van der Waals surface area contributed by atoms with Crippen LogP contribution in [0.1, 0.15) is 0 Å². The number of hydrogen-bond acceptors (Lipinski definition) is 3. The van der Waals surface area contributed by atoms with Gasteiger partial charge < -0.3 is 0 Å². The van der Waals surface area contributed by atoms with Gasteiger partial charge in [0.1, 0.15) is 5.69 Å². The van der Waals surface area contributed by atoms with Crippen molar-refractivity contribution < 1.29 is 0 Å². The third kappa shape index (κ3) is 1.59. The number of fused-ring (bicyclic) bond motifs is 1. The smallest absolute Gasteiger partial charge is 0.108 e. The number of rotatable bonds is 2. The lowest BCUT2D eigenvalue weighted by Gasteiger charge is -1.97.